The third-order valence-electron chi connectivity index (χ3n) is 7.14. The largest absolute Gasteiger partial charge is 0.481 e. The summed E-state index contributed by atoms with van der Waals surface area (Å²) in [6.45, 7) is 8.43. The molecule has 0 heterocycles. The van der Waals surface area contributed by atoms with Crippen LogP contribution < -0.4 is 0 Å². The van der Waals surface area contributed by atoms with Crippen LogP contribution in [0.2, 0.25) is 0 Å². The van der Waals surface area contributed by atoms with Crippen molar-refractivity contribution in [1.82, 2.24) is 0 Å². The summed E-state index contributed by atoms with van der Waals surface area (Å²) in [5, 5.41) is 28.5. The second kappa shape index (κ2) is 20.2. The molecular formula is C29H54NO6+. The molecule has 0 rings (SSSR count). The van der Waals surface area contributed by atoms with Crippen LogP contribution in [0.1, 0.15) is 111 Å². The van der Waals surface area contributed by atoms with Gasteiger partial charge in [0.15, 0.2) is 0 Å². The molecule has 0 aromatic heterocycles. The molecule has 3 unspecified atom stereocenters. The van der Waals surface area contributed by atoms with E-state index in [0.29, 0.717) is 6.54 Å². The van der Waals surface area contributed by atoms with Gasteiger partial charge in [-0.05, 0) is 59.3 Å². The van der Waals surface area contributed by atoms with Crippen LogP contribution in [-0.4, -0.2) is 63.9 Å². The fraction of sp³-hybridized carbons (Fsp3) is 0.828. The van der Waals surface area contributed by atoms with Gasteiger partial charge < -0.3 is 19.8 Å². The molecular weight excluding hydrogens is 458 g/mol. The standard InChI is InChI=1S/C29H53NO6/c1-5-6-7-8-9-10-11-12-13-14-15-16-17-18-19-20-30(21-24(2)27(31)32,22-25(3)28(33)34)23-26(4)29(35)36/h12-13,24-26H,5-11,14-23H2,1-4H3,(H2-,31,32,33,34,35,36)/p+1/b13-12+. The zero-order valence-corrected chi connectivity index (χ0v) is 23.4. The van der Waals surface area contributed by atoms with Gasteiger partial charge in [0.1, 0.15) is 17.8 Å². The lowest BCUT2D eigenvalue weighted by Gasteiger charge is -2.42. The Morgan fingerprint density at radius 1 is 0.583 bits per heavy atom. The maximum Gasteiger partial charge on any atom is 0.311 e. The Kier molecular flexibility index (Phi) is 19.1. The average Bonchev–Trinajstić information content (AvgIpc) is 2.81. The minimum Gasteiger partial charge on any atom is -0.481 e. The van der Waals surface area contributed by atoms with Crippen molar-refractivity contribution in [3.05, 3.63) is 12.2 Å². The third kappa shape index (κ3) is 16.7. The van der Waals surface area contributed by atoms with Crippen molar-refractivity contribution in [2.24, 2.45) is 17.8 Å². The average molecular weight is 513 g/mol. The highest BCUT2D eigenvalue weighted by Crippen LogP contribution is 2.22. The quantitative estimate of drug-likeness (QED) is 0.0762. The molecule has 3 atom stereocenters. The van der Waals surface area contributed by atoms with E-state index < -0.39 is 35.7 Å². The van der Waals surface area contributed by atoms with Crippen molar-refractivity contribution in [3.63, 3.8) is 0 Å². The minimum atomic E-state index is -0.937. The topological polar surface area (TPSA) is 112 Å². The lowest BCUT2D eigenvalue weighted by Crippen LogP contribution is -2.57. The second-order valence-electron chi connectivity index (χ2n) is 10.9. The number of nitrogens with zero attached hydrogens (tertiary/aromatic N) is 1. The molecule has 0 spiro atoms. The van der Waals surface area contributed by atoms with Crippen LogP contribution in [0.25, 0.3) is 0 Å². The van der Waals surface area contributed by atoms with E-state index in [1.165, 1.54) is 44.9 Å². The van der Waals surface area contributed by atoms with E-state index >= 15 is 0 Å². The normalized spacial score (nSPS) is 15.9. The van der Waals surface area contributed by atoms with E-state index in [1.54, 1.807) is 20.8 Å². The monoisotopic (exact) mass is 512 g/mol. The summed E-state index contributed by atoms with van der Waals surface area (Å²) in [7, 11) is 0. The summed E-state index contributed by atoms with van der Waals surface area (Å²) in [5.74, 6) is -4.82. The minimum absolute atomic E-state index is 0.218. The highest BCUT2D eigenvalue weighted by molar-refractivity contribution is 5.70. The van der Waals surface area contributed by atoms with Gasteiger partial charge in [0.2, 0.25) is 0 Å². The Balaban J connectivity index is 4.62. The first-order valence-corrected chi connectivity index (χ1v) is 14.2. The molecule has 0 saturated carbocycles. The molecule has 0 amide bonds. The van der Waals surface area contributed by atoms with Gasteiger partial charge in [0.25, 0.3) is 0 Å². The van der Waals surface area contributed by atoms with E-state index in [-0.39, 0.29) is 24.1 Å². The van der Waals surface area contributed by atoms with Crippen LogP contribution in [0.4, 0.5) is 0 Å². The zero-order chi connectivity index (χ0) is 27.4. The van der Waals surface area contributed by atoms with E-state index in [9.17, 15) is 29.7 Å². The van der Waals surface area contributed by atoms with E-state index in [0.717, 1.165) is 38.5 Å². The molecule has 0 aromatic rings. The van der Waals surface area contributed by atoms with Crippen LogP contribution in [0.15, 0.2) is 12.2 Å². The summed E-state index contributed by atoms with van der Waals surface area (Å²) in [4.78, 5) is 34.7. The Hall–Kier alpha value is -1.89. The number of allylic oxidation sites excluding steroid dienone is 2. The number of carbonyl (C=O) groups is 3. The number of unbranched alkanes of at least 4 members (excludes halogenated alkanes) is 11. The van der Waals surface area contributed by atoms with Gasteiger partial charge in [-0.3, -0.25) is 14.4 Å². The number of hydrogen-bond acceptors (Lipinski definition) is 3. The Bertz CT molecular complexity index is 593. The molecule has 0 bridgehead atoms. The lowest BCUT2D eigenvalue weighted by molar-refractivity contribution is -0.934. The van der Waals surface area contributed by atoms with E-state index in [2.05, 4.69) is 19.1 Å². The molecule has 3 N–H and O–H groups in total. The van der Waals surface area contributed by atoms with Crippen molar-refractivity contribution in [2.75, 3.05) is 26.2 Å². The molecule has 210 valence electrons. The second-order valence-corrected chi connectivity index (χ2v) is 10.9. The first kappa shape index (κ1) is 34.1. The molecule has 0 saturated heterocycles. The lowest BCUT2D eigenvalue weighted by atomic mass is 10.0. The highest BCUT2D eigenvalue weighted by atomic mass is 16.4. The van der Waals surface area contributed by atoms with Crippen molar-refractivity contribution < 1.29 is 34.2 Å². The fourth-order valence-corrected chi connectivity index (χ4v) is 4.99. The van der Waals surface area contributed by atoms with Crippen LogP contribution in [0.5, 0.6) is 0 Å². The molecule has 7 nitrogen and oxygen atoms in total. The highest BCUT2D eigenvalue weighted by Gasteiger charge is 2.38. The van der Waals surface area contributed by atoms with Gasteiger partial charge in [0.05, 0.1) is 26.2 Å². The van der Waals surface area contributed by atoms with E-state index in [1.807, 2.05) is 0 Å². The molecule has 0 aliphatic rings. The molecule has 0 aliphatic carbocycles. The summed E-state index contributed by atoms with van der Waals surface area (Å²) in [5.41, 5.74) is 0. The molecule has 0 aliphatic heterocycles. The van der Waals surface area contributed by atoms with E-state index in [4.69, 9.17) is 0 Å². The molecule has 0 fully saturated rings. The summed E-state index contributed by atoms with van der Waals surface area (Å²) in [6, 6.07) is 0. The number of carboxylic acids is 3. The van der Waals surface area contributed by atoms with Gasteiger partial charge >= 0.3 is 17.9 Å². The Morgan fingerprint density at radius 3 is 1.28 bits per heavy atom. The summed E-state index contributed by atoms with van der Waals surface area (Å²) in [6.07, 6.45) is 20.0. The maximum atomic E-state index is 11.6. The SMILES string of the molecule is CCCCCCCC/C=C/CCCCCCC[N+](CC(C)C(=O)O)(CC(C)C(=O)O)CC(C)C(=O)O. The first-order valence-electron chi connectivity index (χ1n) is 14.2. The number of rotatable bonds is 24. The first-order chi connectivity index (χ1) is 17.0. The van der Waals surface area contributed by atoms with Crippen molar-refractivity contribution in [2.45, 2.75) is 111 Å². The molecule has 0 aromatic carbocycles. The molecule has 7 heteroatoms. The Morgan fingerprint density at radius 2 is 0.917 bits per heavy atom. The number of aliphatic carboxylic acids is 3. The van der Waals surface area contributed by atoms with Crippen molar-refractivity contribution in [3.8, 4) is 0 Å². The smallest absolute Gasteiger partial charge is 0.311 e. The van der Waals surface area contributed by atoms with Crippen LogP contribution in [0.3, 0.4) is 0 Å². The number of quaternary nitrogens is 1. The van der Waals surface area contributed by atoms with Crippen LogP contribution in [-0.2, 0) is 14.4 Å². The van der Waals surface area contributed by atoms with Gasteiger partial charge in [-0.15, -0.1) is 0 Å². The van der Waals surface area contributed by atoms with Crippen LogP contribution >= 0.6 is 0 Å². The van der Waals surface area contributed by atoms with Gasteiger partial charge in [-0.2, -0.15) is 0 Å². The molecule has 0 radical (unpaired) electrons. The van der Waals surface area contributed by atoms with Gasteiger partial charge in [-0.1, -0.05) is 64.0 Å². The summed E-state index contributed by atoms with van der Waals surface area (Å²) >= 11 is 0. The molecule has 36 heavy (non-hydrogen) atoms. The fourth-order valence-electron chi connectivity index (χ4n) is 4.99. The maximum absolute atomic E-state index is 11.6. The Labute approximate surface area is 219 Å². The van der Waals surface area contributed by atoms with Gasteiger partial charge in [-0.25, -0.2) is 0 Å². The van der Waals surface area contributed by atoms with Crippen LogP contribution in [0, 0.1) is 17.8 Å². The van der Waals surface area contributed by atoms with Crippen molar-refractivity contribution >= 4 is 17.9 Å². The van der Waals surface area contributed by atoms with Gasteiger partial charge in [0, 0.05) is 0 Å². The number of hydrogen-bond donors (Lipinski definition) is 3. The third-order valence-corrected chi connectivity index (χ3v) is 7.14. The van der Waals surface area contributed by atoms with Crippen molar-refractivity contribution in [1.29, 1.82) is 0 Å². The predicted octanol–water partition coefficient (Wildman–Crippen LogP) is 6.61. The number of carboxylic acid groups (broad SMARTS) is 3. The summed E-state index contributed by atoms with van der Waals surface area (Å²) < 4.78 is 0.218. The zero-order valence-electron chi connectivity index (χ0n) is 23.4. The predicted molar refractivity (Wildman–Crippen MR) is 145 cm³/mol.